The zero-order valence-corrected chi connectivity index (χ0v) is 15.6. The number of benzene rings is 1. The molecule has 1 aromatic heterocycles. The minimum atomic E-state index is -0.248. The van der Waals surface area contributed by atoms with Crippen LogP contribution in [0.15, 0.2) is 36.5 Å². The van der Waals surface area contributed by atoms with E-state index in [1.807, 2.05) is 56.1 Å². The highest BCUT2D eigenvalue weighted by molar-refractivity contribution is 5.85. The molecular weight excluding hydrogens is 328 g/mol. The van der Waals surface area contributed by atoms with Crippen molar-refractivity contribution in [2.75, 3.05) is 6.54 Å². The monoisotopic (exact) mass is 354 g/mol. The van der Waals surface area contributed by atoms with Crippen LogP contribution in [0.1, 0.15) is 42.6 Å². The van der Waals surface area contributed by atoms with E-state index in [9.17, 15) is 9.59 Å². The lowest BCUT2D eigenvalue weighted by atomic mass is 9.82. The number of hydrogen-bond acceptors (Lipinski definition) is 3. The second-order valence-corrected chi connectivity index (χ2v) is 6.79. The van der Waals surface area contributed by atoms with Gasteiger partial charge in [0.25, 0.3) is 0 Å². The number of carbonyl (C=O) groups excluding carboxylic acids is 2. The first-order valence-corrected chi connectivity index (χ1v) is 9.12. The van der Waals surface area contributed by atoms with Crippen LogP contribution < -0.4 is 5.32 Å². The van der Waals surface area contributed by atoms with Gasteiger partial charge < -0.3 is 10.2 Å². The Morgan fingerprint density at radius 1 is 1.31 bits per heavy atom. The largest absolute Gasteiger partial charge is 0.350 e. The van der Waals surface area contributed by atoms with Crippen molar-refractivity contribution < 1.29 is 9.59 Å². The van der Waals surface area contributed by atoms with Crippen molar-refractivity contribution in [3.8, 4) is 0 Å². The van der Waals surface area contributed by atoms with E-state index < -0.39 is 0 Å². The van der Waals surface area contributed by atoms with Gasteiger partial charge in [-0.05, 0) is 37.5 Å². The van der Waals surface area contributed by atoms with Crippen LogP contribution >= 0.6 is 0 Å². The lowest BCUT2D eigenvalue weighted by molar-refractivity contribution is -0.143. The molecule has 0 aliphatic carbocycles. The third-order valence-electron chi connectivity index (χ3n) is 5.26. The van der Waals surface area contributed by atoms with Crippen molar-refractivity contribution in [1.29, 1.82) is 0 Å². The molecule has 6 nitrogen and oxygen atoms in total. The number of aromatic nitrogens is 2. The molecule has 0 unspecified atom stereocenters. The molecule has 1 saturated heterocycles. The van der Waals surface area contributed by atoms with Gasteiger partial charge in [0.2, 0.25) is 11.8 Å². The Bertz CT molecular complexity index is 799. The first kappa shape index (κ1) is 18.2. The molecule has 2 heterocycles. The Kier molecular flexibility index (Phi) is 5.40. The van der Waals surface area contributed by atoms with Crippen molar-refractivity contribution in [2.24, 2.45) is 13.0 Å². The smallest absolute Gasteiger partial charge is 0.225 e. The number of piperidine rings is 1. The number of amides is 2. The van der Waals surface area contributed by atoms with Crippen LogP contribution in [0.3, 0.4) is 0 Å². The van der Waals surface area contributed by atoms with E-state index in [1.165, 1.54) is 0 Å². The number of hydrogen-bond donors (Lipinski definition) is 1. The SMILES string of the molecule is CCN1C(=O)CC[C@@H](C(=O)NCc2ccnn2C)[C@@H]1c1ccccc1C. The molecule has 1 aliphatic rings. The Hall–Kier alpha value is -2.63. The minimum Gasteiger partial charge on any atom is -0.350 e. The topological polar surface area (TPSA) is 67.2 Å². The molecule has 0 radical (unpaired) electrons. The molecule has 3 rings (SSSR count). The first-order chi connectivity index (χ1) is 12.5. The second kappa shape index (κ2) is 7.72. The molecule has 2 amide bonds. The Morgan fingerprint density at radius 3 is 2.73 bits per heavy atom. The zero-order valence-electron chi connectivity index (χ0n) is 15.6. The first-order valence-electron chi connectivity index (χ1n) is 9.12. The molecule has 2 aromatic rings. The summed E-state index contributed by atoms with van der Waals surface area (Å²) in [5.74, 6) is -0.135. The van der Waals surface area contributed by atoms with Gasteiger partial charge in [0, 0.05) is 26.2 Å². The van der Waals surface area contributed by atoms with Crippen molar-refractivity contribution in [1.82, 2.24) is 20.0 Å². The van der Waals surface area contributed by atoms with Gasteiger partial charge in [-0.3, -0.25) is 14.3 Å². The van der Waals surface area contributed by atoms with Crippen LogP contribution in [0.5, 0.6) is 0 Å². The van der Waals surface area contributed by atoms with Gasteiger partial charge in [0.05, 0.1) is 24.2 Å². The molecule has 1 N–H and O–H groups in total. The maximum absolute atomic E-state index is 13.0. The van der Waals surface area contributed by atoms with E-state index in [4.69, 9.17) is 0 Å². The van der Waals surface area contributed by atoms with Gasteiger partial charge in [-0.2, -0.15) is 5.10 Å². The van der Waals surface area contributed by atoms with Crippen LogP contribution in [0.4, 0.5) is 0 Å². The Labute approximate surface area is 154 Å². The van der Waals surface area contributed by atoms with Crippen LogP contribution in [0.25, 0.3) is 0 Å². The van der Waals surface area contributed by atoms with Crippen LogP contribution in [-0.2, 0) is 23.2 Å². The quantitative estimate of drug-likeness (QED) is 0.896. The number of nitrogens with zero attached hydrogens (tertiary/aromatic N) is 3. The highest BCUT2D eigenvalue weighted by Crippen LogP contribution is 2.38. The molecular formula is C20H26N4O2. The van der Waals surface area contributed by atoms with Gasteiger partial charge in [0.1, 0.15) is 0 Å². The third-order valence-corrected chi connectivity index (χ3v) is 5.26. The normalized spacial score (nSPS) is 20.3. The zero-order chi connectivity index (χ0) is 18.7. The van der Waals surface area contributed by atoms with E-state index >= 15 is 0 Å². The summed E-state index contributed by atoms with van der Waals surface area (Å²) in [7, 11) is 1.86. The molecule has 1 aromatic carbocycles. The Morgan fingerprint density at radius 2 is 2.08 bits per heavy atom. The van der Waals surface area contributed by atoms with Crippen LogP contribution in [0, 0.1) is 12.8 Å². The van der Waals surface area contributed by atoms with E-state index in [0.29, 0.717) is 25.9 Å². The fraction of sp³-hybridized carbons (Fsp3) is 0.450. The predicted octanol–water partition coefficient (Wildman–Crippen LogP) is 2.34. The maximum atomic E-state index is 13.0. The Balaban J connectivity index is 1.85. The highest BCUT2D eigenvalue weighted by Gasteiger charge is 2.40. The summed E-state index contributed by atoms with van der Waals surface area (Å²) in [6.45, 7) is 5.04. The van der Waals surface area contributed by atoms with Gasteiger partial charge >= 0.3 is 0 Å². The lowest BCUT2D eigenvalue weighted by Gasteiger charge is -2.41. The fourth-order valence-electron chi connectivity index (χ4n) is 3.79. The summed E-state index contributed by atoms with van der Waals surface area (Å²) in [5.41, 5.74) is 3.11. The number of aryl methyl sites for hydroxylation is 2. The predicted molar refractivity (Wildman–Crippen MR) is 99.1 cm³/mol. The summed E-state index contributed by atoms with van der Waals surface area (Å²) in [4.78, 5) is 27.3. The minimum absolute atomic E-state index is 0.00889. The van der Waals surface area contributed by atoms with E-state index in [-0.39, 0.29) is 23.8 Å². The summed E-state index contributed by atoms with van der Waals surface area (Å²) in [5, 5.41) is 7.17. The van der Waals surface area contributed by atoms with Gasteiger partial charge in [-0.15, -0.1) is 0 Å². The van der Waals surface area contributed by atoms with Crippen molar-refractivity contribution in [3.05, 3.63) is 53.3 Å². The lowest BCUT2D eigenvalue weighted by Crippen LogP contribution is -2.48. The summed E-state index contributed by atoms with van der Waals surface area (Å²) in [6, 6.07) is 9.70. The third kappa shape index (κ3) is 3.49. The van der Waals surface area contributed by atoms with E-state index in [1.54, 1.807) is 10.9 Å². The fourth-order valence-corrected chi connectivity index (χ4v) is 3.79. The molecule has 0 saturated carbocycles. The van der Waals surface area contributed by atoms with E-state index in [2.05, 4.69) is 10.4 Å². The number of rotatable bonds is 5. The second-order valence-electron chi connectivity index (χ2n) is 6.79. The van der Waals surface area contributed by atoms with Crippen molar-refractivity contribution in [3.63, 3.8) is 0 Å². The molecule has 1 fully saturated rings. The number of carbonyl (C=O) groups is 2. The van der Waals surface area contributed by atoms with Crippen molar-refractivity contribution in [2.45, 2.75) is 39.3 Å². The van der Waals surface area contributed by atoms with E-state index in [0.717, 1.165) is 16.8 Å². The molecule has 6 heteroatoms. The standard InChI is InChI=1S/C20H26N4O2/c1-4-24-18(25)10-9-17(19(24)16-8-6-5-7-14(16)2)20(26)21-13-15-11-12-22-23(15)3/h5-8,11-12,17,19H,4,9-10,13H2,1-3H3,(H,21,26)/t17-,19+/m1/s1. The van der Waals surface area contributed by atoms with Gasteiger partial charge in [0.15, 0.2) is 0 Å². The summed E-state index contributed by atoms with van der Waals surface area (Å²) in [6.07, 6.45) is 2.71. The number of nitrogens with one attached hydrogen (secondary N) is 1. The summed E-state index contributed by atoms with van der Waals surface area (Å²) >= 11 is 0. The highest BCUT2D eigenvalue weighted by atomic mass is 16.2. The maximum Gasteiger partial charge on any atom is 0.225 e. The van der Waals surface area contributed by atoms with Crippen molar-refractivity contribution >= 4 is 11.8 Å². The van der Waals surface area contributed by atoms with Crippen LogP contribution in [-0.4, -0.2) is 33.0 Å². The average Bonchev–Trinajstić information content (AvgIpc) is 3.05. The van der Waals surface area contributed by atoms with Crippen LogP contribution in [0.2, 0.25) is 0 Å². The molecule has 138 valence electrons. The summed E-state index contributed by atoms with van der Waals surface area (Å²) < 4.78 is 1.75. The number of likely N-dealkylation sites (tertiary alicyclic amines) is 1. The molecule has 26 heavy (non-hydrogen) atoms. The molecule has 2 atom stereocenters. The molecule has 0 spiro atoms. The molecule has 1 aliphatic heterocycles. The van der Waals surface area contributed by atoms with Gasteiger partial charge in [-0.25, -0.2) is 0 Å². The van der Waals surface area contributed by atoms with Gasteiger partial charge in [-0.1, -0.05) is 24.3 Å². The average molecular weight is 354 g/mol. The molecule has 0 bridgehead atoms.